The minimum absolute atomic E-state index is 0.0905. The van der Waals surface area contributed by atoms with Crippen molar-refractivity contribution in [3.63, 3.8) is 0 Å². The van der Waals surface area contributed by atoms with Crippen molar-refractivity contribution < 1.29 is 8.42 Å². The summed E-state index contributed by atoms with van der Waals surface area (Å²) in [6.45, 7) is 4.71. The quantitative estimate of drug-likeness (QED) is 0.854. The third-order valence-corrected chi connectivity index (χ3v) is 5.60. The molecular formula is C11H19N3O2S2. The predicted octanol–water partition coefficient (Wildman–Crippen LogP) is 1.18. The number of hydrogen-bond acceptors (Lipinski definition) is 5. The maximum atomic E-state index is 12.0. The Labute approximate surface area is 112 Å². The molecule has 1 fully saturated rings. The van der Waals surface area contributed by atoms with Gasteiger partial charge in [-0.2, -0.15) is 0 Å². The highest BCUT2D eigenvalue weighted by molar-refractivity contribution is 7.89. The highest BCUT2D eigenvalue weighted by atomic mass is 32.2. The fourth-order valence-electron chi connectivity index (χ4n) is 2.10. The predicted molar refractivity (Wildman–Crippen MR) is 73.2 cm³/mol. The lowest BCUT2D eigenvalue weighted by molar-refractivity contribution is 0.550. The third-order valence-electron chi connectivity index (χ3n) is 2.95. The van der Waals surface area contributed by atoms with Gasteiger partial charge < -0.3 is 5.32 Å². The van der Waals surface area contributed by atoms with Gasteiger partial charge in [-0.15, -0.1) is 11.3 Å². The summed E-state index contributed by atoms with van der Waals surface area (Å²) in [6.07, 6.45) is 3.76. The van der Waals surface area contributed by atoms with Gasteiger partial charge in [-0.3, -0.25) is 0 Å². The van der Waals surface area contributed by atoms with Crippen molar-refractivity contribution in [2.45, 2.75) is 38.8 Å². The van der Waals surface area contributed by atoms with E-state index in [0.717, 1.165) is 29.3 Å². The Kier molecular flexibility index (Phi) is 4.37. The van der Waals surface area contributed by atoms with Crippen LogP contribution in [0, 0.1) is 6.92 Å². The van der Waals surface area contributed by atoms with Crippen LogP contribution in [0.3, 0.4) is 0 Å². The molecule has 2 N–H and O–H groups in total. The highest BCUT2D eigenvalue weighted by Gasteiger charge is 2.24. The smallest absolute Gasteiger partial charge is 0.213 e. The van der Waals surface area contributed by atoms with Gasteiger partial charge in [0.05, 0.1) is 11.8 Å². The second kappa shape index (κ2) is 5.64. The number of nitrogens with zero attached hydrogens (tertiary/aromatic N) is 1. The first-order valence-corrected chi connectivity index (χ1v) is 8.59. The first-order valence-electron chi connectivity index (χ1n) is 6.12. The molecule has 2 atom stereocenters. The van der Waals surface area contributed by atoms with Crippen LogP contribution in [0.25, 0.3) is 0 Å². The lowest BCUT2D eigenvalue weighted by Crippen LogP contribution is -2.37. The molecule has 0 bridgehead atoms. The Morgan fingerprint density at radius 3 is 3.00 bits per heavy atom. The Morgan fingerprint density at radius 1 is 1.67 bits per heavy atom. The SMILES string of the molecule is Cc1cnc(C(C)NS(=O)(=O)CC2CCCN2)s1. The molecule has 0 saturated carbocycles. The number of sulfonamides is 1. The lowest BCUT2D eigenvalue weighted by atomic mass is 10.3. The maximum absolute atomic E-state index is 12.0. The standard InChI is InChI=1S/C11H19N3O2S2/c1-8-6-13-11(17-8)9(2)14-18(15,16)7-10-4-3-5-12-10/h6,9-10,12,14H,3-5,7H2,1-2H3. The van der Waals surface area contributed by atoms with Gasteiger partial charge in [-0.1, -0.05) is 0 Å². The zero-order chi connectivity index (χ0) is 13.2. The summed E-state index contributed by atoms with van der Waals surface area (Å²) in [7, 11) is -3.25. The third kappa shape index (κ3) is 3.74. The van der Waals surface area contributed by atoms with E-state index in [9.17, 15) is 8.42 Å². The average Bonchev–Trinajstić information content (AvgIpc) is 2.87. The lowest BCUT2D eigenvalue weighted by Gasteiger charge is -2.15. The summed E-state index contributed by atoms with van der Waals surface area (Å²) in [5, 5.41) is 4.01. The van der Waals surface area contributed by atoms with E-state index in [1.54, 1.807) is 6.20 Å². The highest BCUT2D eigenvalue weighted by Crippen LogP contribution is 2.20. The molecule has 18 heavy (non-hydrogen) atoms. The zero-order valence-corrected chi connectivity index (χ0v) is 12.3. The van der Waals surface area contributed by atoms with Gasteiger partial charge >= 0.3 is 0 Å². The van der Waals surface area contributed by atoms with Crippen LogP contribution in [0.2, 0.25) is 0 Å². The summed E-state index contributed by atoms with van der Waals surface area (Å²) in [5.74, 6) is 0.154. The minimum Gasteiger partial charge on any atom is -0.313 e. The van der Waals surface area contributed by atoms with E-state index in [-0.39, 0.29) is 17.8 Å². The van der Waals surface area contributed by atoms with Crippen LogP contribution in [0.4, 0.5) is 0 Å². The van der Waals surface area contributed by atoms with Gasteiger partial charge in [0.15, 0.2) is 0 Å². The van der Waals surface area contributed by atoms with Gasteiger partial charge in [-0.05, 0) is 33.2 Å². The fourth-order valence-corrected chi connectivity index (χ4v) is 4.52. The molecule has 2 rings (SSSR count). The molecule has 7 heteroatoms. The Bertz CT molecular complexity index is 492. The Hall–Kier alpha value is -0.500. The van der Waals surface area contributed by atoms with Crippen LogP contribution >= 0.6 is 11.3 Å². The summed E-state index contributed by atoms with van der Waals surface area (Å²) < 4.78 is 26.7. The molecule has 1 aromatic rings. The van der Waals surface area contributed by atoms with E-state index in [4.69, 9.17) is 0 Å². The van der Waals surface area contributed by atoms with E-state index in [1.807, 2.05) is 13.8 Å². The summed E-state index contributed by atoms with van der Waals surface area (Å²) >= 11 is 1.53. The Morgan fingerprint density at radius 2 is 2.44 bits per heavy atom. The second-order valence-electron chi connectivity index (χ2n) is 4.72. The van der Waals surface area contributed by atoms with Crippen LogP contribution in [0.1, 0.15) is 35.7 Å². The van der Waals surface area contributed by atoms with Crippen LogP contribution in [0.15, 0.2) is 6.20 Å². The molecule has 0 aromatic carbocycles. The largest absolute Gasteiger partial charge is 0.313 e. The molecule has 1 saturated heterocycles. The monoisotopic (exact) mass is 289 g/mol. The van der Waals surface area contributed by atoms with Crippen LogP contribution in [-0.2, 0) is 10.0 Å². The van der Waals surface area contributed by atoms with Crippen molar-refractivity contribution in [2.75, 3.05) is 12.3 Å². The van der Waals surface area contributed by atoms with E-state index >= 15 is 0 Å². The molecule has 0 radical (unpaired) electrons. The number of hydrogen-bond donors (Lipinski definition) is 2. The zero-order valence-electron chi connectivity index (χ0n) is 10.6. The summed E-state index contributed by atoms with van der Waals surface area (Å²) in [5.41, 5.74) is 0. The van der Waals surface area contributed by atoms with Crippen molar-refractivity contribution in [1.29, 1.82) is 0 Å². The van der Waals surface area contributed by atoms with Crippen LogP contribution in [0.5, 0.6) is 0 Å². The molecule has 102 valence electrons. The van der Waals surface area contributed by atoms with Crippen LogP contribution in [-0.4, -0.2) is 31.7 Å². The fraction of sp³-hybridized carbons (Fsp3) is 0.727. The van der Waals surface area contributed by atoms with Crippen molar-refractivity contribution in [2.24, 2.45) is 0 Å². The molecule has 1 aromatic heterocycles. The topological polar surface area (TPSA) is 71.1 Å². The Balaban J connectivity index is 1.94. The minimum atomic E-state index is -3.25. The number of aryl methyl sites for hydroxylation is 1. The van der Waals surface area contributed by atoms with Gasteiger partial charge in [0, 0.05) is 17.1 Å². The molecule has 5 nitrogen and oxygen atoms in total. The summed E-state index contributed by atoms with van der Waals surface area (Å²) in [4.78, 5) is 5.30. The molecular weight excluding hydrogens is 270 g/mol. The summed E-state index contributed by atoms with van der Waals surface area (Å²) in [6, 6.07) is -0.164. The van der Waals surface area contributed by atoms with Crippen molar-refractivity contribution in [1.82, 2.24) is 15.0 Å². The van der Waals surface area contributed by atoms with Gasteiger partial charge in [-0.25, -0.2) is 18.1 Å². The first kappa shape index (κ1) is 13.9. The van der Waals surface area contributed by atoms with E-state index in [1.165, 1.54) is 11.3 Å². The molecule has 0 spiro atoms. The number of nitrogens with one attached hydrogen (secondary N) is 2. The van der Waals surface area contributed by atoms with E-state index < -0.39 is 10.0 Å². The normalized spacial score (nSPS) is 22.2. The molecule has 1 aliphatic heterocycles. The average molecular weight is 289 g/mol. The molecule has 1 aliphatic rings. The van der Waals surface area contributed by atoms with Crippen molar-refractivity contribution in [3.8, 4) is 0 Å². The molecule has 2 heterocycles. The van der Waals surface area contributed by atoms with E-state index in [0.29, 0.717) is 0 Å². The molecule has 2 unspecified atom stereocenters. The number of rotatable bonds is 5. The van der Waals surface area contributed by atoms with Gasteiger partial charge in [0.25, 0.3) is 0 Å². The van der Waals surface area contributed by atoms with E-state index in [2.05, 4.69) is 15.0 Å². The molecule has 0 aliphatic carbocycles. The van der Waals surface area contributed by atoms with Crippen LogP contribution < -0.4 is 10.0 Å². The molecule has 0 amide bonds. The second-order valence-corrected chi connectivity index (χ2v) is 7.79. The number of thiazole rings is 1. The number of aromatic nitrogens is 1. The van der Waals surface area contributed by atoms with Gasteiger partial charge in [0.2, 0.25) is 10.0 Å². The maximum Gasteiger partial charge on any atom is 0.213 e. The first-order chi connectivity index (χ1) is 8.46. The van der Waals surface area contributed by atoms with Crippen molar-refractivity contribution >= 4 is 21.4 Å². The van der Waals surface area contributed by atoms with Gasteiger partial charge in [0.1, 0.15) is 5.01 Å². The van der Waals surface area contributed by atoms with Crippen molar-refractivity contribution in [3.05, 3.63) is 16.1 Å².